The van der Waals surface area contributed by atoms with Gasteiger partial charge in [0.05, 0.1) is 0 Å². The number of hydrogen-bond donors (Lipinski definition) is 2. The fourth-order valence-electron chi connectivity index (χ4n) is 1.43. The van der Waals surface area contributed by atoms with Crippen LogP contribution in [0.4, 0.5) is 0 Å². The molecule has 0 bridgehead atoms. The molecule has 1 amide bonds. The lowest BCUT2D eigenvalue weighted by molar-refractivity contribution is 0.0950. The molecule has 2 N–H and O–H groups in total. The maximum absolute atomic E-state index is 11.7. The molecule has 0 aromatic carbocycles. The third-order valence-electron chi connectivity index (χ3n) is 2.35. The quantitative estimate of drug-likeness (QED) is 0.807. The van der Waals surface area contributed by atoms with E-state index in [0.717, 1.165) is 17.3 Å². The summed E-state index contributed by atoms with van der Waals surface area (Å²) in [5.41, 5.74) is 0.431. The van der Waals surface area contributed by atoms with Gasteiger partial charge in [0.2, 0.25) is 0 Å². The molecule has 2 rings (SSSR count). The molecule has 0 unspecified atom stereocenters. The Labute approximate surface area is 109 Å². The van der Waals surface area contributed by atoms with Gasteiger partial charge in [0.1, 0.15) is 11.5 Å². The van der Waals surface area contributed by atoms with Crippen molar-refractivity contribution in [2.24, 2.45) is 0 Å². The van der Waals surface area contributed by atoms with Crippen LogP contribution in [0.5, 0.6) is 0 Å². The highest BCUT2D eigenvalue weighted by Gasteiger charge is 2.13. The second kappa shape index (κ2) is 5.79. The summed E-state index contributed by atoms with van der Waals surface area (Å²) in [6.07, 6.45) is 0. The van der Waals surface area contributed by atoms with Gasteiger partial charge in [-0.05, 0) is 26.1 Å². The molecule has 5 nitrogen and oxygen atoms in total. The molecule has 2 aromatic rings. The standard InChI is InChI=1S/C12H15N3O2S/c1-8-3-4-10(17-8)12-15-9(7-18-12)11(16)14-6-5-13-2/h3-4,7,13H,5-6H2,1-2H3,(H,14,16). The van der Waals surface area contributed by atoms with Crippen molar-refractivity contribution in [2.45, 2.75) is 6.92 Å². The molecule has 96 valence electrons. The minimum Gasteiger partial charge on any atom is -0.459 e. The van der Waals surface area contributed by atoms with E-state index in [2.05, 4.69) is 15.6 Å². The lowest BCUT2D eigenvalue weighted by Crippen LogP contribution is -2.30. The SMILES string of the molecule is CNCCNC(=O)c1csc(-c2ccc(C)o2)n1. The highest BCUT2D eigenvalue weighted by Crippen LogP contribution is 2.25. The first-order valence-electron chi connectivity index (χ1n) is 5.66. The number of nitrogens with zero attached hydrogens (tertiary/aromatic N) is 1. The predicted molar refractivity (Wildman–Crippen MR) is 70.8 cm³/mol. The zero-order chi connectivity index (χ0) is 13.0. The summed E-state index contributed by atoms with van der Waals surface area (Å²) >= 11 is 1.40. The van der Waals surface area contributed by atoms with E-state index >= 15 is 0 Å². The minimum absolute atomic E-state index is 0.156. The Morgan fingerprint density at radius 1 is 1.44 bits per heavy atom. The second-order valence-electron chi connectivity index (χ2n) is 3.81. The highest BCUT2D eigenvalue weighted by molar-refractivity contribution is 7.13. The molecule has 0 saturated heterocycles. The number of thiazole rings is 1. The van der Waals surface area contributed by atoms with E-state index in [-0.39, 0.29) is 5.91 Å². The number of carbonyl (C=O) groups is 1. The number of aromatic nitrogens is 1. The maximum atomic E-state index is 11.7. The molecular formula is C12H15N3O2S. The van der Waals surface area contributed by atoms with Gasteiger partial charge in [0, 0.05) is 18.5 Å². The maximum Gasteiger partial charge on any atom is 0.270 e. The van der Waals surface area contributed by atoms with Crippen LogP contribution < -0.4 is 10.6 Å². The monoisotopic (exact) mass is 265 g/mol. The summed E-state index contributed by atoms with van der Waals surface area (Å²) in [7, 11) is 1.84. The lowest BCUT2D eigenvalue weighted by atomic mass is 10.4. The van der Waals surface area contributed by atoms with Crippen molar-refractivity contribution >= 4 is 17.2 Å². The van der Waals surface area contributed by atoms with Crippen LogP contribution in [0.2, 0.25) is 0 Å². The van der Waals surface area contributed by atoms with Crippen LogP contribution in [0.25, 0.3) is 10.8 Å². The normalized spacial score (nSPS) is 10.6. The number of hydrogen-bond acceptors (Lipinski definition) is 5. The van der Waals surface area contributed by atoms with Crippen molar-refractivity contribution in [2.75, 3.05) is 20.1 Å². The Kier molecular flexibility index (Phi) is 4.11. The molecule has 0 radical (unpaired) electrons. The van der Waals surface area contributed by atoms with Crippen LogP contribution in [0.15, 0.2) is 21.9 Å². The number of likely N-dealkylation sites (N-methyl/N-ethyl adjacent to an activating group) is 1. The summed E-state index contributed by atoms with van der Waals surface area (Å²) < 4.78 is 5.47. The van der Waals surface area contributed by atoms with E-state index in [1.807, 2.05) is 26.1 Å². The Hall–Kier alpha value is -1.66. The average molecular weight is 265 g/mol. The molecule has 0 atom stereocenters. The summed E-state index contributed by atoms with van der Waals surface area (Å²) in [6, 6.07) is 3.74. The lowest BCUT2D eigenvalue weighted by Gasteiger charge is -2.01. The molecule has 0 aliphatic carbocycles. The molecule has 0 aliphatic rings. The van der Waals surface area contributed by atoms with Gasteiger partial charge in [0.15, 0.2) is 10.8 Å². The molecule has 0 saturated carbocycles. The van der Waals surface area contributed by atoms with Crippen molar-refractivity contribution in [3.63, 3.8) is 0 Å². The smallest absolute Gasteiger partial charge is 0.270 e. The minimum atomic E-state index is -0.156. The van der Waals surface area contributed by atoms with Crippen LogP contribution in [-0.4, -0.2) is 31.0 Å². The number of rotatable bonds is 5. The van der Waals surface area contributed by atoms with Gasteiger partial charge in [-0.2, -0.15) is 0 Å². The van der Waals surface area contributed by atoms with E-state index in [9.17, 15) is 4.79 Å². The predicted octanol–water partition coefficient (Wildman–Crippen LogP) is 1.66. The molecule has 0 aliphatic heterocycles. The molecule has 6 heteroatoms. The van der Waals surface area contributed by atoms with E-state index < -0.39 is 0 Å². The van der Waals surface area contributed by atoms with Crippen molar-refractivity contribution in [3.05, 3.63) is 29.0 Å². The fourth-order valence-corrected chi connectivity index (χ4v) is 2.19. The highest BCUT2D eigenvalue weighted by atomic mass is 32.1. The number of amides is 1. The van der Waals surface area contributed by atoms with Gasteiger partial charge >= 0.3 is 0 Å². The van der Waals surface area contributed by atoms with Crippen LogP contribution >= 0.6 is 11.3 Å². The average Bonchev–Trinajstić information content (AvgIpc) is 2.97. The molecular weight excluding hydrogens is 250 g/mol. The van der Waals surface area contributed by atoms with Gasteiger partial charge < -0.3 is 15.1 Å². The van der Waals surface area contributed by atoms with E-state index in [1.165, 1.54) is 11.3 Å². The summed E-state index contributed by atoms with van der Waals surface area (Å²) in [5, 5.41) is 8.20. The number of nitrogens with one attached hydrogen (secondary N) is 2. The number of furan rings is 1. The topological polar surface area (TPSA) is 67.2 Å². The van der Waals surface area contributed by atoms with Gasteiger partial charge in [-0.3, -0.25) is 4.79 Å². The first kappa shape index (κ1) is 12.8. The number of carbonyl (C=O) groups excluding carboxylic acids is 1. The Morgan fingerprint density at radius 3 is 2.94 bits per heavy atom. The Balaban J connectivity index is 2.04. The van der Waals surface area contributed by atoms with Crippen molar-refractivity contribution in [3.8, 4) is 10.8 Å². The summed E-state index contributed by atoms with van der Waals surface area (Å²) in [4.78, 5) is 16.0. The van der Waals surface area contributed by atoms with Crippen molar-refractivity contribution < 1.29 is 9.21 Å². The van der Waals surface area contributed by atoms with Crippen LogP contribution in [0.3, 0.4) is 0 Å². The molecule has 2 heterocycles. The molecule has 0 fully saturated rings. The van der Waals surface area contributed by atoms with Gasteiger partial charge in [-0.1, -0.05) is 0 Å². The van der Waals surface area contributed by atoms with Crippen LogP contribution in [0.1, 0.15) is 16.2 Å². The van der Waals surface area contributed by atoms with E-state index in [0.29, 0.717) is 18.0 Å². The first-order chi connectivity index (χ1) is 8.70. The third-order valence-corrected chi connectivity index (χ3v) is 3.21. The summed E-state index contributed by atoms with van der Waals surface area (Å²) in [5.74, 6) is 1.38. The zero-order valence-electron chi connectivity index (χ0n) is 10.3. The van der Waals surface area contributed by atoms with E-state index in [1.54, 1.807) is 5.38 Å². The first-order valence-corrected chi connectivity index (χ1v) is 6.54. The number of aryl methyl sites for hydroxylation is 1. The molecule has 0 spiro atoms. The Morgan fingerprint density at radius 2 is 2.28 bits per heavy atom. The van der Waals surface area contributed by atoms with Crippen molar-refractivity contribution in [1.29, 1.82) is 0 Å². The zero-order valence-corrected chi connectivity index (χ0v) is 11.1. The van der Waals surface area contributed by atoms with Gasteiger partial charge in [0.25, 0.3) is 5.91 Å². The van der Waals surface area contributed by atoms with Crippen LogP contribution in [0, 0.1) is 6.92 Å². The fraction of sp³-hybridized carbons (Fsp3) is 0.333. The van der Waals surface area contributed by atoms with Crippen LogP contribution in [-0.2, 0) is 0 Å². The largest absolute Gasteiger partial charge is 0.459 e. The van der Waals surface area contributed by atoms with Crippen molar-refractivity contribution in [1.82, 2.24) is 15.6 Å². The summed E-state index contributed by atoms with van der Waals surface area (Å²) in [6.45, 7) is 3.20. The third kappa shape index (κ3) is 2.96. The molecule has 2 aromatic heterocycles. The molecule has 18 heavy (non-hydrogen) atoms. The van der Waals surface area contributed by atoms with Gasteiger partial charge in [-0.15, -0.1) is 11.3 Å². The second-order valence-corrected chi connectivity index (χ2v) is 4.67. The van der Waals surface area contributed by atoms with Gasteiger partial charge in [-0.25, -0.2) is 4.98 Å². The van der Waals surface area contributed by atoms with E-state index in [4.69, 9.17) is 4.42 Å². The Bertz CT molecular complexity index is 533.